The summed E-state index contributed by atoms with van der Waals surface area (Å²) in [4.78, 5) is 16.7. The third-order valence-corrected chi connectivity index (χ3v) is 4.86. The van der Waals surface area contributed by atoms with Crippen LogP contribution in [0.3, 0.4) is 0 Å². The fourth-order valence-corrected chi connectivity index (χ4v) is 3.22. The fraction of sp³-hybridized carbons (Fsp3) is 0.160. The summed E-state index contributed by atoms with van der Waals surface area (Å²) in [7, 11) is 0. The minimum atomic E-state index is -0.507. The van der Waals surface area contributed by atoms with Crippen LogP contribution in [0, 0.1) is 5.82 Å². The molecule has 0 aliphatic heterocycles. The Kier molecular flexibility index (Phi) is 6.55. The SMILES string of the molecule is CC(NC(=O)COc1ccccc1Cc1ccccc1)c1nc(-c2ccc(F)cc2)no1. The van der Waals surface area contributed by atoms with Crippen molar-refractivity contribution in [3.63, 3.8) is 0 Å². The van der Waals surface area contributed by atoms with Crippen molar-refractivity contribution in [2.24, 2.45) is 0 Å². The van der Waals surface area contributed by atoms with Crippen LogP contribution in [0.1, 0.15) is 30.0 Å². The van der Waals surface area contributed by atoms with E-state index in [0.717, 1.165) is 11.1 Å². The quantitative estimate of drug-likeness (QED) is 0.437. The second kappa shape index (κ2) is 9.87. The van der Waals surface area contributed by atoms with Crippen LogP contribution < -0.4 is 10.1 Å². The maximum Gasteiger partial charge on any atom is 0.258 e. The van der Waals surface area contributed by atoms with Crippen molar-refractivity contribution >= 4 is 5.91 Å². The number of rotatable bonds is 8. The number of halogens is 1. The van der Waals surface area contributed by atoms with Gasteiger partial charge in [-0.05, 0) is 48.4 Å². The summed E-state index contributed by atoms with van der Waals surface area (Å²) in [6, 6.07) is 23.0. The highest BCUT2D eigenvalue weighted by Gasteiger charge is 2.18. The maximum atomic E-state index is 13.1. The number of amides is 1. The molecule has 0 fully saturated rings. The molecule has 0 aliphatic carbocycles. The Balaban J connectivity index is 1.34. The fourth-order valence-electron chi connectivity index (χ4n) is 3.22. The number of hydrogen-bond donors (Lipinski definition) is 1. The molecule has 0 radical (unpaired) electrons. The highest BCUT2D eigenvalue weighted by atomic mass is 19.1. The van der Waals surface area contributed by atoms with Crippen LogP contribution in [0.5, 0.6) is 5.75 Å². The Hall–Kier alpha value is -4.00. The summed E-state index contributed by atoms with van der Waals surface area (Å²) in [5.41, 5.74) is 2.79. The van der Waals surface area contributed by atoms with Crippen LogP contribution in [0.15, 0.2) is 83.4 Å². The van der Waals surface area contributed by atoms with E-state index in [1.807, 2.05) is 42.5 Å². The molecule has 1 N–H and O–H groups in total. The Bertz CT molecular complexity index is 1180. The molecule has 0 saturated carbocycles. The molecule has 1 aromatic heterocycles. The van der Waals surface area contributed by atoms with E-state index >= 15 is 0 Å². The zero-order valence-corrected chi connectivity index (χ0v) is 17.5. The first-order valence-electron chi connectivity index (χ1n) is 10.2. The molecular formula is C25H22FN3O3. The Morgan fingerprint density at radius 2 is 1.75 bits per heavy atom. The monoisotopic (exact) mass is 431 g/mol. The van der Waals surface area contributed by atoms with Gasteiger partial charge in [-0.25, -0.2) is 4.39 Å². The van der Waals surface area contributed by atoms with Crippen molar-refractivity contribution in [3.8, 4) is 17.1 Å². The van der Waals surface area contributed by atoms with Gasteiger partial charge in [0.15, 0.2) is 6.61 Å². The topological polar surface area (TPSA) is 77.2 Å². The predicted molar refractivity (Wildman–Crippen MR) is 117 cm³/mol. The minimum Gasteiger partial charge on any atom is -0.483 e. The number of carbonyl (C=O) groups excluding carboxylic acids is 1. The van der Waals surface area contributed by atoms with Crippen molar-refractivity contribution in [2.75, 3.05) is 6.61 Å². The van der Waals surface area contributed by atoms with Gasteiger partial charge in [0.1, 0.15) is 17.6 Å². The van der Waals surface area contributed by atoms with Crippen LogP contribution in [-0.2, 0) is 11.2 Å². The smallest absolute Gasteiger partial charge is 0.258 e. The first-order chi connectivity index (χ1) is 15.6. The Morgan fingerprint density at radius 3 is 2.53 bits per heavy atom. The van der Waals surface area contributed by atoms with Gasteiger partial charge in [0.25, 0.3) is 5.91 Å². The molecule has 0 saturated heterocycles. The highest BCUT2D eigenvalue weighted by molar-refractivity contribution is 5.77. The van der Waals surface area contributed by atoms with Gasteiger partial charge in [-0.3, -0.25) is 4.79 Å². The molecular weight excluding hydrogens is 409 g/mol. The lowest BCUT2D eigenvalue weighted by Gasteiger charge is -2.13. The van der Waals surface area contributed by atoms with E-state index in [2.05, 4.69) is 27.6 Å². The Morgan fingerprint density at radius 1 is 1.03 bits per heavy atom. The van der Waals surface area contributed by atoms with E-state index in [9.17, 15) is 9.18 Å². The molecule has 1 heterocycles. The molecule has 32 heavy (non-hydrogen) atoms. The number of nitrogens with one attached hydrogen (secondary N) is 1. The second-order valence-electron chi connectivity index (χ2n) is 7.31. The number of aromatic nitrogens is 2. The van der Waals surface area contributed by atoms with E-state index < -0.39 is 6.04 Å². The average Bonchev–Trinajstić information content (AvgIpc) is 3.30. The molecule has 1 atom stereocenters. The highest BCUT2D eigenvalue weighted by Crippen LogP contribution is 2.22. The van der Waals surface area contributed by atoms with Gasteiger partial charge < -0.3 is 14.6 Å². The minimum absolute atomic E-state index is 0.144. The summed E-state index contributed by atoms with van der Waals surface area (Å²) in [6.07, 6.45) is 0.711. The standard InChI is InChI=1S/C25H22FN3O3/c1-17(25-28-24(29-32-25)19-11-13-21(26)14-12-19)27-23(30)16-31-22-10-6-5-9-20(22)15-18-7-3-2-4-8-18/h2-14,17H,15-16H2,1H3,(H,27,30). The predicted octanol–water partition coefficient (Wildman–Crippen LogP) is 4.72. The van der Waals surface area contributed by atoms with Crippen LogP contribution >= 0.6 is 0 Å². The Labute approximate surface area is 185 Å². The van der Waals surface area contributed by atoms with Crippen molar-refractivity contribution in [1.82, 2.24) is 15.5 Å². The van der Waals surface area contributed by atoms with E-state index in [4.69, 9.17) is 9.26 Å². The van der Waals surface area contributed by atoms with Gasteiger partial charge in [0.2, 0.25) is 11.7 Å². The van der Waals surface area contributed by atoms with Crippen LogP contribution in [0.2, 0.25) is 0 Å². The van der Waals surface area contributed by atoms with E-state index in [-0.39, 0.29) is 24.2 Å². The zero-order chi connectivity index (χ0) is 22.3. The molecule has 7 heteroatoms. The number of hydrogen-bond acceptors (Lipinski definition) is 5. The largest absolute Gasteiger partial charge is 0.483 e. The van der Waals surface area contributed by atoms with Gasteiger partial charge in [-0.1, -0.05) is 53.7 Å². The third kappa shape index (κ3) is 5.37. The summed E-state index contributed by atoms with van der Waals surface area (Å²) < 4.78 is 24.1. The van der Waals surface area contributed by atoms with Crippen molar-refractivity contribution in [2.45, 2.75) is 19.4 Å². The molecule has 3 aromatic carbocycles. The first kappa shape index (κ1) is 21.2. The summed E-state index contributed by atoms with van der Waals surface area (Å²) in [5.74, 6) is 0.585. The van der Waals surface area contributed by atoms with E-state index in [0.29, 0.717) is 23.6 Å². The lowest BCUT2D eigenvalue weighted by Crippen LogP contribution is -2.31. The van der Waals surface area contributed by atoms with Crippen LogP contribution in [-0.4, -0.2) is 22.7 Å². The molecule has 4 aromatic rings. The van der Waals surface area contributed by atoms with Crippen molar-refractivity contribution in [3.05, 3.63) is 102 Å². The molecule has 0 bridgehead atoms. The molecule has 0 spiro atoms. The summed E-state index contributed by atoms with van der Waals surface area (Å²) in [5, 5.41) is 6.69. The third-order valence-electron chi connectivity index (χ3n) is 4.86. The molecule has 1 amide bonds. The lowest BCUT2D eigenvalue weighted by atomic mass is 10.0. The van der Waals surface area contributed by atoms with Gasteiger partial charge in [-0.15, -0.1) is 0 Å². The number of carbonyl (C=O) groups is 1. The molecule has 6 nitrogen and oxygen atoms in total. The zero-order valence-electron chi connectivity index (χ0n) is 17.5. The number of ether oxygens (including phenoxy) is 1. The van der Waals surface area contributed by atoms with Gasteiger partial charge >= 0.3 is 0 Å². The first-order valence-corrected chi connectivity index (χ1v) is 10.2. The maximum absolute atomic E-state index is 13.1. The number of para-hydroxylation sites is 1. The van der Waals surface area contributed by atoms with Crippen LogP contribution in [0.25, 0.3) is 11.4 Å². The van der Waals surface area contributed by atoms with Crippen molar-refractivity contribution < 1.29 is 18.4 Å². The average molecular weight is 431 g/mol. The molecule has 162 valence electrons. The normalized spacial score (nSPS) is 11.7. The summed E-state index contributed by atoms with van der Waals surface area (Å²) in [6.45, 7) is 1.60. The van der Waals surface area contributed by atoms with Gasteiger partial charge in [-0.2, -0.15) is 4.98 Å². The molecule has 0 aliphatic rings. The van der Waals surface area contributed by atoms with E-state index in [1.54, 1.807) is 19.1 Å². The number of nitrogens with zero attached hydrogens (tertiary/aromatic N) is 2. The molecule has 4 rings (SSSR count). The van der Waals surface area contributed by atoms with Gasteiger partial charge in [0.05, 0.1) is 0 Å². The van der Waals surface area contributed by atoms with E-state index in [1.165, 1.54) is 12.1 Å². The molecule has 1 unspecified atom stereocenters. The lowest BCUT2D eigenvalue weighted by molar-refractivity contribution is -0.123. The number of benzene rings is 3. The summed E-state index contributed by atoms with van der Waals surface area (Å²) >= 11 is 0. The second-order valence-corrected chi connectivity index (χ2v) is 7.31. The van der Waals surface area contributed by atoms with Crippen molar-refractivity contribution in [1.29, 1.82) is 0 Å². The van der Waals surface area contributed by atoms with Gasteiger partial charge in [0, 0.05) is 12.0 Å². The van der Waals surface area contributed by atoms with Crippen LogP contribution in [0.4, 0.5) is 4.39 Å².